The van der Waals surface area contributed by atoms with E-state index in [2.05, 4.69) is 55.9 Å². The molecule has 3 heterocycles. The van der Waals surface area contributed by atoms with Crippen molar-refractivity contribution in [1.82, 2.24) is 30.0 Å². The zero-order chi connectivity index (χ0) is 22.7. The zero-order valence-electron chi connectivity index (χ0n) is 19.1. The Morgan fingerprint density at radius 1 is 1.16 bits per heavy atom. The van der Waals surface area contributed by atoms with Crippen LogP contribution in [0.5, 0.6) is 5.75 Å². The molecule has 4 rings (SSSR count). The first-order chi connectivity index (χ1) is 15.5. The first-order valence-electron chi connectivity index (χ1n) is 11.0. The van der Waals surface area contributed by atoms with Crippen LogP contribution < -0.4 is 10.1 Å². The summed E-state index contributed by atoms with van der Waals surface area (Å²) >= 11 is 0. The van der Waals surface area contributed by atoms with E-state index >= 15 is 0 Å². The van der Waals surface area contributed by atoms with Crippen molar-refractivity contribution in [2.75, 3.05) is 20.2 Å². The van der Waals surface area contributed by atoms with E-state index in [4.69, 9.17) is 4.74 Å². The second-order valence-corrected chi connectivity index (χ2v) is 8.27. The van der Waals surface area contributed by atoms with Gasteiger partial charge in [-0.25, -0.2) is 0 Å². The molecule has 1 unspecified atom stereocenters. The first kappa shape index (κ1) is 22.0. The predicted octanol–water partition coefficient (Wildman–Crippen LogP) is 2.85. The fourth-order valence-electron chi connectivity index (χ4n) is 4.19. The lowest BCUT2D eigenvalue weighted by Crippen LogP contribution is -2.30. The highest BCUT2D eigenvalue weighted by atomic mass is 16.5. The van der Waals surface area contributed by atoms with Gasteiger partial charge in [0.1, 0.15) is 11.6 Å². The number of nitrogens with one attached hydrogen (secondary N) is 1. The van der Waals surface area contributed by atoms with Gasteiger partial charge >= 0.3 is 0 Å². The van der Waals surface area contributed by atoms with Crippen LogP contribution in [-0.4, -0.2) is 50.8 Å². The second kappa shape index (κ2) is 9.48. The Morgan fingerprint density at radius 2 is 2.00 bits per heavy atom. The highest BCUT2D eigenvalue weighted by Crippen LogP contribution is 2.25. The summed E-state index contributed by atoms with van der Waals surface area (Å²) in [5.74, 6) is 2.52. The summed E-state index contributed by atoms with van der Waals surface area (Å²) < 4.78 is 7.60. The average molecular weight is 435 g/mol. The van der Waals surface area contributed by atoms with Crippen LogP contribution in [0.2, 0.25) is 0 Å². The molecule has 1 aromatic carbocycles. The standard InChI is InChI=1S/C24H30N6O2/c1-16-17(2)21(32-4)8-7-20(16)15-29-11-9-22-27-28-23(30(22)13-12-29)18(3)26-24(31)19-6-5-10-25-14-19/h5-8,10,14,18H,9,11-13,15H2,1-4H3,(H,26,31). The molecule has 168 valence electrons. The van der Waals surface area contributed by atoms with Crippen molar-refractivity contribution < 1.29 is 9.53 Å². The van der Waals surface area contributed by atoms with Gasteiger partial charge < -0.3 is 14.6 Å². The summed E-state index contributed by atoms with van der Waals surface area (Å²) in [6, 6.07) is 7.47. The predicted molar refractivity (Wildman–Crippen MR) is 122 cm³/mol. The van der Waals surface area contributed by atoms with Crippen molar-refractivity contribution in [3.63, 3.8) is 0 Å². The number of rotatable bonds is 6. The highest BCUT2D eigenvalue weighted by Gasteiger charge is 2.23. The lowest BCUT2D eigenvalue weighted by atomic mass is 10.0. The first-order valence-corrected chi connectivity index (χ1v) is 11.0. The van der Waals surface area contributed by atoms with Gasteiger partial charge in [-0.2, -0.15) is 0 Å². The van der Waals surface area contributed by atoms with Crippen LogP contribution in [0.15, 0.2) is 36.7 Å². The molecule has 0 aliphatic carbocycles. The van der Waals surface area contributed by atoms with Crippen molar-refractivity contribution in [1.29, 1.82) is 0 Å². The largest absolute Gasteiger partial charge is 0.496 e. The van der Waals surface area contributed by atoms with Crippen molar-refractivity contribution in [3.05, 3.63) is 70.6 Å². The number of amides is 1. The van der Waals surface area contributed by atoms with E-state index in [1.807, 2.05) is 6.92 Å². The number of carbonyl (C=O) groups is 1. The normalized spacial score (nSPS) is 15.0. The minimum Gasteiger partial charge on any atom is -0.496 e. The Hall–Kier alpha value is -3.26. The molecule has 8 heteroatoms. The van der Waals surface area contributed by atoms with Gasteiger partial charge in [-0.3, -0.25) is 14.7 Å². The number of fused-ring (bicyclic) bond motifs is 1. The smallest absolute Gasteiger partial charge is 0.253 e. The number of ether oxygens (including phenoxy) is 1. The number of hydrogen-bond acceptors (Lipinski definition) is 6. The van der Waals surface area contributed by atoms with Crippen LogP contribution in [0.25, 0.3) is 0 Å². The van der Waals surface area contributed by atoms with E-state index in [1.54, 1.807) is 31.6 Å². The molecule has 1 N–H and O–H groups in total. The Balaban J connectivity index is 1.43. The lowest BCUT2D eigenvalue weighted by molar-refractivity contribution is 0.0937. The molecule has 0 spiro atoms. The minimum atomic E-state index is -0.248. The Labute approximate surface area is 188 Å². The maximum absolute atomic E-state index is 12.5. The molecule has 1 aliphatic heterocycles. The highest BCUT2D eigenvalue weighted by molar-refractivity contribution is 5.94. The van der Waals surface area contributed by atoms with Crippen molar-refractivity contribution in [2.24, 2.45) is 0 Å². The van der Waals surface area contributed by atoms with E-state index < -0.39 is 0 Å². The quantitative estimate of drug-likeness (QED) is 0.642. The summed E-state index contributed by atoms with van der Waals surface area (Å²) in [5.41, 5.74) is 4.32. The molecule has 0 radical (unpaired) electrons. The number of hydrogen-bond donors (Lipinski definition) is 1. The third kappa shape index (κ3) is 4.50. The second-order valence-electron chi connectivity index (χ2n) is 8.27. The molecule has 1 atom stereocenters. The third-order valence-electron chi connectivity index (χ3n) is 6.27. The van der Waals surface area contributed by atoms with Gasteiger partial charge in [0.05, 0.1) is 18.7 Å². The van der Waals surface area contributed by atoms with Gasteiger partial charge in [-0.1, -0.05) is 6.07 Å². The number of nitrogens with zero attached hydrogens (tertiary/aromatic N) is 5. The molecule has 1 amide bonds. The molecular formula is C24H30N6O2. The number of carbonyl (C=O) groups excluding carboxylic acids is 1. The summed E-state index contributed by atoms with van der Waals surface area (Å²) in [6.07, 6.45) is 4.04. The van der Waals surface area contributed by atoms with Crippen LogP contribution in [0.3, 0.4) is 0 Å². The number of methoxy groups -OCH3 is 1. The summed E-state index contributed by atoms with van der Waals surface area (Å²) in [6.45, 7) is 9.69. The summed E-state index contributed by atoms with van der Waals surface area (Å²) in [5, 5.41) is 11.8. The van der Waals surface area contributed by atoms with Gasteiger partial charge in [-0.15, -0.1) is 10.2 Å². The lowest BCUT2D eigenvalue weighted by Gasteiger charge is -2.22. The van der Waals surface area contributed by atoms with Crippen molar-refractivity contribution in [3.8, 4) is 5.75 Å². The van der Waals surface area contributed by atoms with Crippen molar-refractivity contribution >= 4 is 5.91 Å². The molecule has 3 aromatic rings. The Morgan fingerprint density at radius 3 is 2.75 bits per heavy atom. The van der Waals surface area contributed by atoms with Crippen LogP contribution >= 0.6 is 0 Å². The van der Waals surface area contributed by atoms with E-state index in [-0.39, 0.29) is 11.9 Å². The maximum Gasteiger partial charge on any atom is 0.253 e. The van der Waals surface area contributed by atoms with Gasteiger partial charge in [0.15, 0.2) is 5.82 Å². The zero-order valence-corrected chi connectivity index (χ0v) is 19.1. The fraction of sp³-hybridized carbons (Fsp3) is 0.417. The van der Waals surface area contributed by atoms with E-state index in [9.17, 15) is 4.79 Å². The molecule has 32 heavy (non-hydrogen) atoms. The number of benzene rings is 1. The maximum atomic E-state index is 12.5. The topological polar surface area (TPSA) is 85.2 Å². The minimum absolute atomic E-state index is 0.163. The van der Waals surface area contributed by atoms with Crippen molar-refractivity contribution in [2.45, 2.75) is 46.3 Å². The molecule has 0 saturated heterocycles. The van der Waals surface area contributed by atoms with Gasteiger partial charge in [0.25, 0.3) is 5.91 Å². The average Bonchev–Trinajstić information content (AvgIpc) is 3.12. The van der Waals surface area contributed by atoms with Crippen LogP contribution in [0, 0.1) is 13.8 Å². The van der Waals surface area contributed by atoms with E-state index in [1.165, 1.54) is 16.7 Å². The monoisotopic (exact) mass is 434 g/mol. The molecule has 8 nitrogen and oxygen atoms in total. The van der Waals surface area contributed by atoms with Crippen LogP contribution in [-0.2, 0) is 19.5 Å². The number of pyridine rings is 1. The summed E-state index contributed by atoms with van der Waals surface area (Å²) in [4.78, 5) is 19.0. The van der Waals surface area contributed by atoms with E-state index in [0.29, 0.717) is 5.56 Å². The van der Waals surface area contributed by atoms with Gasteiger partial charge in [-0.05, 0) is 55.7 Å². The Bertz CT molecular complexity index is 1100. The molecule has 2 aromatic heterocycles. The molecule has 0 saturated carbocycles. The molecule has 0 fully saturated rings. The fourth-order valence-corrected chi connectivity index (χ4v) is 4.19. The summed E-state index contributed by atoms with van der Waals surface area (Å²) in [7, 11) is 1.71. The Kier molecular flexibility index (Phi) is 6.50. The molecule has 1 aliphatic rings. The van der Waals surface area contributed by atoms with Gasteiger partial charge in [0, 0.05) is 45.0 Å². The van der Waals surface area contributed by atoms with E-state index in [0.717, 1.165) is 50.0 Å². The molecular weight excluding hydrogens is 404 g/mol. The third-order valence-corrected chi connectivity index (χ3v) is 6.27. The van der Waals surface area contributed by atoms with Crippen LogP contribution in [0.4, 0.5) is 0 Å². The number of aromatic nitrogens is 4. The van der Waals surface area contributed by atoms with Crippen LogP contribution in [0.1, 0.15) is 51.7 Å². The SMILES string of the molecule is COc1ccc(CN2CCc3nnc(C(C)NC(=O)c4cccnc4)n3CC2)c(C)c1C. The molecule has 0 bridgehead atoms. The van der Waals surface area contributed by atoms with Gasteiger partial charge in [0.2, 0.25) is 0 Å².